The molecule has 160 valence electrons. The summed E-state index contributed by atoms with van der Waals surface area (Å²) in [7, 11) is 0. The normalized spacial score (nSPS) is 12.6. The minimum absolute atomic E-state index is 0.0741. The number of carbonyl (C=O) groups excluding carboxylic acids is 2. The van der Waals surface area contributed by atoms with Gasteiger partial charge in [0.1, 0.15) is 0 Å². The van der Waals surface area contributed by atoms with Gasteiger partial charge in [0.15, 0.2) is 5.76 Å². The van der Waals surface area contributed by atoms with Crippen molar-refractivity contribution in [3.05, 3.63) is 107 Å². The number of nitrogens with zero attached hydrogens (tertiary/aromatic N) is 2. The van der Waals surface area contributed by atoms with Gasteiger partial charge in [-0.2, -0.15) is 0 Å². The second-order valence-corrected chi connectivity index (χ2v) is 8.06. The molecule has 0 bridgehead atoms. The fraction of sp³-hybridized carbons (Fsp3) is 0.154. The largest absolute Gasteiger partial charge is 0.459 e. The highest BCUT2D eigenvalue weighted by atomic mass is 16.3. The molecule has 0 unspecified atom stereocenters. The topological polar surface area (TPSA) is 67.5 Å². The Morgan fingerprint density at radius 3 is 2.56 bits per heavy atom. The lowest BCUT2D eigenvalue weighted by molar-refractivity contribution is 0.0982. The van der Waals surface area contributed by atoms with Crippen molar-refractivity contribution in [2.45, 2.75) is 26.9 Å². The summed E-state index contributed by atoms with van der Waals surface area (Å²) < 4.78 is 7.45. The molecule has 0 spiro atoms. The molecule has 2 amide bonds. The number of aryl methyl sites for hydroxylation is 2. The summed E-state index contributed by atoms with van der Waals surface area (Å²) in [6, 6.07) is 19.2. The van der Waals surface area contributed by atoms with Crippen LogP contribution >= 0.6 is 0 Å². The van der Waals surface area contributed by atoms with Crippen molar-refractivity contribution in [3.8, 4) is 0 Å². The van der Waals surface area contributed by atoms with E-state index in [4.69, 9.17) is 4.42 Å². The van der Waals surface area contributed by atoms with Crippen LogP contribution in [-0.4, -0.2) is 16.4 Å². The van der Waals surface area contributed by atoms with Gasteiger partial charge in [0.25, 0.3) is 11.8 Å². The molecule has 3 heterocycles. The number of anilines is 2. The molecular formula is C26H23N3O3. The first kappa shape index (κ1) is 19.9. The highest BCUT2D eigenvalue weighted by molar-refractivity contribution is 6.08. The van der Waals surface area contributed by atoms with Crippen LogP contribution in [-0.2, 0) is 13.1 Å². The average molecular weight is 425 g/mol. The Bertz CT molecular complexity index is 1330. The number of hydrogen-bond acceptors (Lipinski definition) is 3. The lowest BCUT2D eigenvalue weighted by Crippen LogP contribution is -2.30. The van der Waals surface area contributed by atoms with Crippen LogP contribution in [0.15, 0.2) is 77.5 Å². The number of carbonyl (C=O) groups is 2. The molecule has 1 aliphatic heterocycles. The molecule has 2 aromatic heterocycles. The summed E-state index contributed by atoms with van der Waals surface area (Å²) >= 11 is 0. The van der Waals surface area contributed by atoms with E-state index in [0.29, 0.717) is 17.8 Å². The molecule has 0 fully saturated rings. The lowest BCUT2D eigenvalue weighted by Gasteiger charge is -2.23. The van der Waals surface area contributed by atoms with Gasteiger partial charge in [0.2, 0.25) is 0 Å². The summed E-state index contributed by atoms with van der Waals surface area (Å²) in [6.45, 7) is 4.93. The molecule has 1 aliphatic rings. The minimum atomic E-state index is -0.308. The van der Waals surface area contributed by atoms with E-state index >= 15 is 0 Å². The Labute approximate surface area is 186 Å². The fourth-order valence-corrected chi connectivity index (χ4v) is 4.14. The van der Waals surface area contributed by atoms with E-state index in [0.717, 1.165) is 34.6 Å². The third-order valence-electron chi connectivity index (χ3n) is 5.90. The van der Waals surface area contributed by atoms with Gasteiger partial charge in [-0.1, -0.05) is 18.2 Å². The SMILES string of the molecule is Cc1cc(C(=O)N2Cc3cccn3Cc3ccccc32)ccc1NC(=O)c1occc1C. The standard InChI is InChI=1S/C26H23N3O3/c1-17-11-13-32-24(17)25(30)27-22-10-9-19(14-18(22)2)26(31)29-16-21-7-5-12-28(21)15-20-6-3-4-8-23(20)29/h3-14H,15-16H2,1-2H3,(H,27,30). The third kappa shape index (κ3) is 3.50. The molecule has 6 nitrogen and oxygen atoms in total. The maximum absolute atomic E-state index is 13.6. The van der Waals surface area contributed by atoms with Crippen molar-refractivity contribution in [1.82, 2.24) is 4.57 Å². The average Bonchev–Trinajstić information content (AvgIpc) is 3.38. The minimum Gasteiger partial charge on any atom is -0.459 e. The molecule has 0 saturated heterocycles. The van der Waals surface area contributed by atoms with Gasteiger partial charge in [-0.05, 0) is 67.4 Å². The molecule has 0 atom stereocenters. The third-order valence-corrected chi connectivity index (χ3v) is 5.90. The highest BCUT2D eigenvalue weighted by Crippen LogP contribution is 2.30. The summed E-state index contributed by atoms with van der Waals surface area (Å²) in [5, 5.41) is 2.87. The van der Waals surface area contributed by atoms with E-state index in [9.17, 15) is 9.59 Å². The monoisotopic (exact) mass is 425 g/mol. The zero-order valence-corrected chi connectivity index (χ0v) is 18.0. The van der Waals surface area contributed by atoms with Crippen molar-refractivity contribution in [3.63, 3.8) is 0 Å². The van der Waals surface area contributed by atoms with Gasteiger partial charge in [0, 0.05) is 40.9 Å². The number of hydrogen-bond donors (Lipinski definition) is 1. The van der Waals surface area contributed by atoms with Gasteiger partial charge >= 0.3 is 0 Å². The van der Waals surface area contributed by atoms with Crippen LogP contribution < -0.4 is 10.2 Å². The van der Waals surface area contributed by atoms with Crippen molar-refractivity contribution in [1.29, 1.82) is 0 Å². The van der Waals surface area contributed by atoms with E-state index in [2.05, 4.69) is 16.0 Å². The second-order valence-electron chi connectivity index (χ2n) is 8.06. The molecular weight excluding hydrogens is 402 g/mol. The predicted molar refractivity (Wildman–Crippen MR) is 123 cm³/mol. The smallest absolute Gasteiger partial charge is 0.291 e. The van der Waals surface area contributed by atoms with Crippen LogP contribution in [0.25, 0.3) is 0 Å². The van der Waals surface area contributed by atoms with E-state index in [-0.39, 0.29) is 17.6 Å². The van der Waals surface area contributed by atoms with Crippen LogP contribution in [0, 0.1) is 13.8 Å². The first-order valence-electron chi connectivity index (χ1n) is 10.5. The summed E-state index contributed by atoms with van der Waals surface area (Å²) in [5.41, 5.74) is 5.91. The van der Waals surface area contributed by atoms with E-state index in [1.54, 1.807) is 18.2 Å². The molecule has 32 heavy (non-hydrogen) atoms. The molecule has 4 aromatic rings. The number of amides is 2. The van der Waals surface area contributed by atoms with Gasteiger partial charge in [-0.3, -0.25) is 9.59 Å². The summed E-state index contributed by atoms with van der Waals surface area (Å²) in [6.07, 6.45) is 3.54. The zero-order chi connectivity index (χ0) is 22.2. The predicted octanol–water partition coefficient (Wildman–Crippen LogP) is 5.16. The zero-order valence-electron chi connectivity index (χ0n) is 18.0. The van der Waals surface area contributed by atoms with Gasteiger partial charge in [-0.15, -0.1) is 0 Å². The fourth-order valence-electron chi connectivity index (χ4n) is 4.14. The number of fused-ring (bicyclic) bond motifs is 2. The number of aromatic nitrogens is 1. The first-order chi connectivity index (χ1) is 15.5. The second kappa shape index (κ2) is 7.89. The van der Waals surface area contributed by atoms with E-state index in [1.807, 2.05) is 61.3 Å². The van der Waals surface area contributed by atoms with E-state index < -0.39 is 0 Å². The van der Waals surface area contributed by atoms with Crippen molar-refractivity contribution in [2.75, 3.05) is 10.2 Å². The van der Waals surface area contributed by atoms with Crippen molar-refractivity contribution >= 4 is 23.2 Å². The Hall–Kier alpha value is -4.06. The van der Waals surface area contributed by atoms with Crippen LogP contribution in [0.4, 0.5) is 11.4 Å². The number of benzene rings is 2. The number of nitrogens with one attached hydrogen (secondary N) is 1. The number of para-hydroxylation sites is 1. The number of furan rings is 1. The van der Waals surface area contributed by atoms with Gasteiger partial charge in [-0.25, -0.2) is 0 Å². The molecule has 0 radical (unpaired) electrons. The Morgan fingerprint density at radius 2 is 1.78 bits per heavy atom. The summed E-state index contributed by atoms with van der Waals surface area (Å²) in [4.78, 5) is 27.9. The van der Waals surface area contributed by atoms with Gasteiger partial charge < -0.3 is 19.2 Å². The van der Waals surface area contributed by atoms with Crippen LogP contribution in [0.5, 0.6) is 0 Å². The van der Waals surface area contributed by atoms with Crippen molar-refractivity contribution in [2.24, 2.45) is 0 Å². The first-order valence-corrected chi connectivity index (χ1v) is 10.5. The quantitative estimate of drug-likeness (QED) is 0.493. The molecule has 2 aromatic carbocycles. The van der Waals surface area contributed by atoms with E-state index in [1.165, 1.54) is 6.26 Å². The summed E-state index contributed by atoms with van der Waals surface area (Å²) in [5.74, 6) is -0.0967. The van der Waals surface area contributed by atoms with Crippen LogP contribution in [0.3, 0.4) is 0 Å². The Balaban J connectivity index is 1.44. The maximum Gasteiger partial charge on any atom is 0.291 e. The maximum atomic E-state index is 13.6. The Morgan fingerprint density at radius 1 is 0.938 bits per heavy atom. The molecule has 0 saturated carbocycles. The molecule has 6 heteroatoms. The molecule has 1 N–H and O–H groups in total. The lowest BCUT2D eigenvalue weighted by atomic mass is 10.1. The van der Waals surface area contributed by atoms with Crippen LogP contribution in [0.2, 0.25) is 0 Å². The Kier molecular flexibility index (Phi) is 4.90. The number of rotatable bonds is 3. The molecule has 5 rings (SSSR count). The molecule has 0 aliphatic carbocycles. The van der Waals surface area contributed by atoms with Crippen molar-refractivity contribution < 1.29 is 14.0 Å². The van der Waals surface area contributed by atoms with Gasteiger partial charge in [0.05, 0.1) is 12.8 Å². The highest BCUT2D eigenvalue weighted by Gasteiger charge is 2.25. The van der Waals surface area contributed by atoms with Crippen LogP contribution in [0.1, 0.15) is 43.3 Å².